The molecule has 2 heterocycles. The van der Waals surface area contributed by atoms with Crippen LogP contribution in [0.1, 0.15) is 23.3 Å². The summed E-state index contributed by atoms with van der Waals surface area (Å²) in [5.74, 6) is 0.671. The zero-order valence-electron chi connectivity index (χ0n) is 12.9. The van der Waals surface area contributed by atoms with Crippen molar-refractivity contribution in [2.75, 3.05) is 0 Å². The molecule has 0 saturated heterocycles. The van der Waals surface area contributed by atoms with Gasteiger partial charge >= 0.3 is 0 Å². The van der Waals surface area contributed by atoms with Crippen LogP contribution in [-0.4, -0.2) is 10.9 Å². The Hall–Kier alpha value is -2.82. The van der Waals surface area contributed by atoms with E-state index in [-0.39, 0.29) is 18.0 Å². The molecule has 1 amide bonds. The monoisotopic (exact) mass is 310 g/mol. The summed E-state index contributed by atoms with van der Waals surface area (Å²) in [6.45, 7) is 2.22. The highest BCUT2D eigenvalue weighted by atomic mass is 16.3. The van der Waals surface area contributed by atoms with E-state index in [4.69, 9.17) is 4.42 Å². The summed E-state index contributed by atoms with van der Waals surface area (Å²) in [5, 5.41) is 3.74. The minimum absolute atomic E-state index is 0.106. The largest absolute Gasteiger partial charge is 0.469 e. The quantitative estimate of drug-likeness (QED) is 0.761. The van der Waals surface area contributed by atoms with Crippen LogP contribution in [0.5, 0.6) is 0 Å². The van der Waals surface area contributed by atoms with Crippen molar-refractivity contribution in [2.24, 2.45) is 0 Å². The summed E-state index contributed by atoms with van der Waals surface area (Å²) in [6, 6.07) is 11.3. The van der Waals surface area contributed by atoms with E-state index in [1.54, 1.807) is 12.3 Å². The van der Waals surface area contributed by atoms with Gasteiger partial charge in [-0.15, -0.1) is 0 Å². The van der Waals surface area contributed by atoms with Gasteiger partial charge in [-0.25, -0.2) is 0 Å². The number of hydrogen-bond acceptors (Lipinski definition) is 3. The lowest BCUT2D eigenvalue weighted by Crippen LogP contribution is -2.26. The number of aryl methyl sites for hydroxylation is 2. The first-order chi connectivity index (χ1) is 11.1. The van der Waals surface area contributed by atoms with Gasteiger partial charge in [-0.1, -0.05) is 11.6 Å². The average Bonchev–Trinajstić information content (AvgIpc) is 3.04. The van der Waals surface area contributed by atoms with Crippen LogP contribution in [0.3, 0.4) is 0 Å². The Bertz CT molecular complexity index is 879. The lowest BCUT2D eigenvalue weighted by Gasteiger charge is -2.06. The summed E-state index contributed by atoms with van der Waals surface area (Å²) in [5.41, 5.74) is 2.30. The van der Waals surface area contributed by atoms with Crippen LogP contribution in [0.4, 0.5) is 0 Å². The molecule has 1 aromatic carbocycles. The van der Waals surface area contributed by atoms with Crippen LogP contribution < -0.4 is 10.9 Å². The van der Waals surface area contributed by atoms with Crippen LogP contribution in [-0.2, 0) is 17.8 Å². The molecule has 118 valence electrons. The van der Waals surface area contributed by atoms with Gasteiger partial charge in [0, 0.05) is 30.5 Å². The van der Waals surface area contributed by atoms with Gasteiger partial charge in [-0.2, -0.15) is 0 Å². The van der Waals surface area contributed by atoms with E-state index in [1.807, 2.05) is 37.3 Å². The Morgan fingerprint density at radius 3 is 2.91 bits per heavy atom. The number of H-pyrrole nitrogens is 1. The Kier molecular flexibility index (Phi) is 4.28. The normalized spacial score (nSPS) is 10.8. The molecule has 0 spiro atoms. The van der Waals surface area contributed by atoms with Crippen molar-refractivity contribution in [2.45, 2.75) is 26.3 Å². The summed E-state index contributed by atoms with van der Waals surface area (Å²) in [7, 11) is 0. The fourth-order valence-corrected chi connectivity index (χ4v) is 2.48. The smallest absolute Gasteiger partial charge is 0.253 e. The van der Waals surface area contributed by atoms with Gasteiger partial charge in [0.2, 0.25) is 5.91 Å². The molecule has 0 fully saturated rings. The third kappa shape index (κ3) is 3.69. The molecule has 0 atom stereocenters. The van der Waals surface area contributed by atoms with E-state index in [0.29, 0.717) is 18.4 Å². The maximum atomic E-state index is 12.1. The third-order valence-corrected chi connectivity index (χ3v) is 3.73. The molecule has 2 aromatic heterocycles. The molecule has 0 unspecified atom stereocenters. The van der Waals surface area contributed by atoms with E-state index >= 15 is 0 Å². The Labute approximate surface area is 133 Å². The number of aromatic amines is 1. The van der Waals surface area contributed by atoms with Gasteiger partial charge in [0.15, 0.2) is 0 Å². The van der Waals surface area contributed by atoms with Crippen molar-refractivity contribution in [3.8, 4) is 0 Å². The number of amides is 1. The SMILES string of the molecule is Cc1ccc2[nH]c(=O)c(CNC(=O)CCc3ccco3)cc2c1. The zero-order valence-corrected chi connectivity index (χ0v) is 12.9. The molecule has 0 aliphatic heterocycles. The highest BCUT2D eigenvalue weighted by Gasteiger charge is 2.07. The van der Waals surface area contributed by atoms with Crippen LogP contribution in [0.25, 0.3) is 10.9 Å². The fraction of sp³-hybridized carbons (Fsp3) is 0.222. The van der Waals surface area contributed by atoms with E-state index in [2.05, 4.69) is 10.3 Å². The molecule has 2 N–H and O–H groups in total. The summed E-state index contributed by atoms with van der Waals surface area (Å²) < 4.78 is 5.19. The van der Waals surface area contributed by atoms with Gasteiger partial charge in [0.25, 0.3) is 5.56 Å². The van der Waals surface area contributed by atoms with E-state index < -0.39 is 0 Å². The molecule has 5 nitrogen and oxygen atoms in total. The minimum Gasteiger partial charge on any atom is -0.469 e. The maximum Gasteiger partial charge on any atom is 0.253 e. The Balaban J connectivity index is 1.65. The number of aromatic nitrogens is 1. The molecule has 5 heteroatoms. The van der Waals surface area contributed by atoms with Crippen LogP contribution in [0, 0.1) is 6.92 Å². The highest BCUT2D eigenvalue weighted by molar-refractivity contribution is 5.80. The first kappa shape index (κ1) is 15.1. The molecular formula is C18H18N2O3. The van der Waals surface area contributed by atoms with E-state index in [1.165, 1.54) is 0 Å². The van der Waals surface area contributed by atoms with Gasteiger partial charge in [0.05, 0.1) is 6.26 Å². The number of hydrogen-bond donors (Lipinski definition) is 2. The topological polar surface area (TPSA) is 75.1 Å². The first-order valence-corrected chi connectivity index (χ1v) is 7.53. The van der Waals surface area contributed by atoms with Gasteiger partial charge in [-0.3, -0.25) is 9.59 Å². The molecule has 3 rings (SSSR count). The predicted molar refractivity (Wildman–Crippen MR) is 88.2 cm³/mol. The maximum absolute atomic E-state index is 12.1. The number of nitrogens with one attached hydrogen (secondary N) is 2. The molecule has 0 bridgehead atoms. The van der Waals surface area contributed by atoms with Crippen molar-refractivity contribution >= 4 is 16.8 Å². The summed E-state index contributed by atoms with van der Waals surface area (Å²) >= 11 is 0. The molecule has 23 heavy (non-hydrogen) atoms. The molecule has 0 saturated carbocycles. The minimum atomic E-state index is -0.173. The van der Waals surface area contributed by atoms with E-state index in [9.17, 15) is 9.59 Å². The lowest BCUT2D eigenvalue weighted by molar-refractivity contribution is -0.121. The number of rotatable bonds is 5. The number of carbonyl (C=O) groups is 1. The van der Waals surface area contributed by atoms with Crippen molar-refractivity contribution in [1.29, 1.82) is 0 Å². The molecule has 0 aliphatic carbocycles. The number of furan rings is 1. The zero-order chi connectivity index (χ0) is 16.2. The number of pyridine rings is 1. The third-order valence-electron chi connectivity index (χ3n) is 3.73. The molecule has 0 aliphatic rings. The molecule has 0 radical (unpaired) electrons. The number of fused-ring (bicyclic) bond motifs is 1. The lowest BCUT2D eigenvalue weighted by atomic mass is 10.1. The average molecular weight is 310 g/mol. The van der Waals surface area contributed by atoms with Crippen molar-refractivity contribution < 1.29 is 9.21 Å². The fourth-order valence-electron chi connectivity index (χ4n) is 2.48. The van der Waals surface area contributed by atoms with Crippen LogP contribution in [0.2, 0.25) is 0 Å². The number of benzene rings is 1. The van der Waals surface area contributed by atoms with Gasteiger partial charge in [-0.05, 0) is 42.6 Å². The van der Waals surface area contributed by atoms with E-state index in [0.717, 1.165) is 22.2 Å². The van der Waals surface area contributed by atoms with Crippen LogP contribution in [0.15, 0.2) is 51.9 Å². The van der Waals surface area contributed by atoms with Crippen molar-refractivity contribution in [3.05, 3.63) is 69.9 Å². The van der Waals surface area contributed by atoms with Gasteiger partial charge < -0.3 is 14.7 Å². The standard InChI is InChI=1S/C18H18N2O3/c1-12-4-6-16-13(9-12)10-14(18(22)20-16)11-19-17(21)7-5-15-3-2-8-23-15/h2-4,6,8-10H,5,7,11H2,1H3,(H,19,21)(H,20,22). The molecule has 3 aromatic rings. The Morgan fingerprint density at radius 2 is 2.13 bits per heavy atom. The van der Waals surface area contributed by atoms with Crippen molar-refractivity contribution in [3.63, 3.8) is 0 Å². The van der Waals surface area contributed by atoms with Crippen molar-refractivity contribution in [1.82, 2.24) is 10.3 Å². The van der Waals surface area contributed by atoms with Gasteiger partial charge in [0.1, 0.15) is 5.76 Å². The second-order valence-corrected chi connectivity index (χ2v) is 5.57. The summed E-state index contributed by atoms with van der Waals surface area (Å²) in [6.07, 6.45) is 2.47. The Morgan fingerprint density at radius 1 is 1.26 bits per heavy atom. The van der Waals surface area contributed by atoms with Crippen LogP contribution >= 0.6 is 0 Å². The molecular weight excluding hydrogens is 292 g/mol. The second-order valence-electron chi connectivity index (χ2n) is 5.57. The first-order valence-electron chi connectivity index (χ1n) is 7.53. The summed E-state index contributed by atoms with van der Waals surface area (Å²) in [4.78, 5) is 26.8. The highest BCUT2D eigenvalue weighted by Crippen LogP contribution is 2.13. The predicted octanol–water partition coefficient (Wildman–Crippen LogP) is 2.68. The second kappa shape index (κ2) is 6.52. The number of carbonyl (C=O) groups excluding carboxylic acids is 1.